The van der Waals surface area contributed by atoms with Gasteiger partial charge in [-0.05, 0) is 25.5 Å². The molecule has 1 aromatic rings. The lowest BCUT2D eigenvalue weighted by Crippen LogP contribution is -2.27. The first kappa shape index (κ1) is 15.6. The number of carbonyl (C=O) groups is 1. The number of benzene rings is 1. The van der Waals surface area contributed by atoms with Gasteiger partial charge in [0.15, 0.2) is 0 Å². The molecule has 0 saturated heterocycles. The highest BCUT2D eigenvalue weighted by Crippen LogP contribution is 2.15. The van der Waals surface area contributed by atoms with Gasteiger partial charge >= 0.3 is 5.97 Å². The molecule has 0 aliphatic rings. The van der Waals surface area contributed by atoms with E-state index in [2.05, 4.69) is 6.07 Å². The van der Waals surface area contributed by atoms with Gasteiger partial charge in [-0.3, -0.25) is 0 Å². The zero-order valence-corrected chi connectivity index (χ0v) is 11.3. The van der Waals surface area contributed by atoms with Gasteiger partial charge < -0.3 is 9.84 Å². The number of esters is 1. The largest absolute Gasteiger partial charge is 0.459 e. The van der Waals surface area contributed by atoms with Crippen LogP contribution in [0.15, 0.2) is 24.3 Å². The third kappa shape index (κ3) is 5.39. The SMILES string of the molecule is CCCC(O)C(F)CC(C)OC(=O)c1[c]cccc1. The Morgan fingerprint density at radius 1 is 1.53 bits per heavy atom. The summed E-state index contributed by atoms with van der Waals surface area (Å²) in [6, 6.07) is 9.42. The summed E-state index contributed by atoms with van der Waals surface area (Å²) < 4.78 is 18.8. The summed E-state index contributed by atoms with van der Waals surface area (Å²) in [6.07, 6.45) is -1.82. The number of carbonyl (C=O) groups excluding carboxylic acids is 1. The summed E-state index contributed by atoms with van der Waals surface area (Å²) in [7, 11) is 0. The monoisotopic (exact) mass is 267 g/mol. The van der Waals surface area contributed by atoms with Crippen LogP contribution in [0.4, 0.5) is 4.39 Å². The minimum atomic E-state index is -1.37. The van der Waals surface area contributed by atoms with Crippen molar-refractivity contribution < 1.29 is 19.0 Å². The zero-order chi connectivity index (χ0) is 14.3. The Morgan fingerprint density at radius 3 is 2.84 bits per heavy atom. The van der Waals surface area contributed by atoms with E-state index in [4.69, 9.17) is 4.74 Å². The maximum atomic E-state index is 13.6. The molecule has 105 valence electrons. The molecule has 0 bridgehead atoms. The van der Waals surface area contributed by atoms with E-state index >= 15 is 0 Å². The number of aliphatic hydroxyl groups excluding tert-OH is 1. The Morgan fingerprint density at radius 2 is 2.26 bits per heavy atom. The van der Waals surface area contributed by atoms with E-state index in [1.165, 1.54) is 0 Å². The summed E-state index contributed by atoms with van der Waals surface area (Å²) in [5, 5.41) is 9.50. The first-order valence-corrected chi connectivity index (χ1v) is 6.54. The van der Waals surface area contributed by atoms with Crippen LogP contribution in [0.1, 0.15) is 43.5 Å². The first-order chi connectivity index (χ1) is 9.04. The highest BCUT2D eigenvalue weighted by molar-refractivity contribution is 5.89. The van der Waals surface area contributed by atoms with Crippen molar-refractivity contribution in [2.24, 2.45) is 0 Å². The van der Waals surface area contributed by atoms with E-state index in [-0.39, 0.29) is 6.42 Å². The highest BCUT2D eigenvalue weighted by atomic mass is 19.1. The van der Waals surface area contributed by atoms with E-state index < -0.39 is 24.3 Å². The van der Waals surface area contributed by atoms with Gasteiger partial charge in [-0.15, -0.1) is 0 Å². The van der Waals surface area contributed by atoms with Gasteiger partial charge in [-0.25, -0.2) is 9.18 Å². The molecule has 1 aromatic carbocycles. The van der Waals surface area contributed by atoms with Gasteiger partial charge in [0.05, 0.1) is 11.7 Å². The molecule has 4 heteroatoms. The Bertz CT molecular complexity index is 380. The van der Waals surface area contributed by atoms with Gasteiger partial charge in [0.1, 0.15) is 12.3 Å². The molecule has 0 aromatic heterocycles. The maximum Gasteiger partial charge on any atom is 0.339 e. The molecule has 0 fully saturated rings. The number of hydrogen-bond donors (Lipinski definition) is 1. The van der Waals surface area contributed by atoms with E-state index in [9.17, 15) is 14.3 Å². The second kappa shape index (κ2) is 7.89. The fourth-order valence-corrected chi connectivity index (χ4v) is 1.77. The van der Waals surface area contributed by atoms with E-state index in [1.807, 2.05) is 6.92 Å². The van der Waals surface area contributed by atoms with Gasteiger partial charge in [0, 0.05) is 6.42 Å². The van der Waals surface area contributed by atoms with Crippen LogP contribution in [-0.2, 0) is 4.74 Å². The first-order valence-electron chi connectivity index (χ1n) is 6.54. The molecule has 0 heterocycles. The molecule has 19 heavy (non-hydrogen) atoms. The topological polar surface area (TPSA) is 46.5 Å². The molecule has 3 unspecified atom stereocenters. The number of rotatable bonds is 7. The fraction of sp³-hybridized carbons (Fsp3) is 0.533. The lowest BCUT2D eigenvalue weighted by molar-refractivity contribution is 0.00826. The fourth-order valence-electron chi connectivity index (χ4n) is 1.77. The van der Waals surface area contributed by atoms with Crippen LogP contribution in [0, 0.1) is 6.07 Å². The van der Waals surface area contributed by atoms with Crippen LogP contribution < -0.4 is 0 Å². The average molecular weight is 267 g/mol. The Kier molecular flexibility index (Phi) is 6.50. The van der Waals surface area contributed by atoms with E-state index in [1.54, 1.807) is 31.2 Å². The molecule has 0 spiro atoms. The van der Waals surface area contributed by atoms with Crippen molar-refractivity contribution in [3.8, 4) is 0 Å². The number of halogens is 1. The van der Waals surface area contributed by atoms with Crippen molar-refractivity contribution in [2.45, 2.75) is 51.5 Å². The predicted octanol–water partition coefficient (Wildman–Crippen LogP) is 2.92. The molecule has 3 nitrogen and oxygen atoms in total. The number of hydrogen-bond acceptors (Lipinski definition) is 3. The smallest absolute Gasteiger partial charge is 0.339 e. The molecule has 0 saturated carbocycles. The molecule has 1 rings (SSSR count). The van der Waals surface area contributed by atoms with Crippen LogP contribution in [0.2, 0.25) is 0 Å². The number of alkyl halides is 1. The summed E-state index contributed by atoms with van der Waals surface area (Å²) in [6.45, 7) is 3.50. The van der Waals surface area contributed by atoms with Crippen LogP contribution >= 0.6 is 0 Å². The summed E-state index contributed by atoms with van der Waals surface area (Å²) in [4.78, 5) is 11.7. The second-order valence-corrected chi connectivity index (χ2v) is 4.60. The van der Waals surface area contributed by atoms with Gasteiger partial charge in [-0.2, -0.15) is 0 Å². The van der Waals surface area contributed by atoms with Crippen molar-refractivity contribution in [3.05, 3.63) is 35.9 Å². The zero-order valence-electron chi connectivity index (χ0n) is 11.3. The second-order valence-electron chi connectivity index (χ2n) is 4.60. The van der Waals surface area contributed by atoms with Crippen molar-refractivity contribution in [3.63, 3.8) is 0 Å². The van der Waals surface area contributed by atoms with Crippen LogP contribution in [-0.4, -0.2) is 29.5 Å². The molecule has 1 radical (unpaired) electrons. The molecule has 0 amide bonds. The Labute approximate surface area is 113 Å². The quantitative estimate of drug-likeness (QED) is 0.773. The van der Waals surface area contributed by atoms with Crippen molar-refractivity contribution in [1.82, 2.24) is 0 Å². The van der Waals surface area contributed by atoms with Crippen molar-refractivity contribution >= 4 is 5.97 Å². The predicted molar refractivity (Wildman–Crippen MR) is 70.6 cm³/mol. The highest BCUT2D eigenvalue weighted by Gasteiger charge is 2.22. The summed E-state index contributed by atoms with van der Waals surface area (Å²) in [5.41, 5.74) is 0.318. The number of aliphatic hydroxyl groups is 1. The molecular formula is C15H20FO3. The molecule has 3 atom stereocenters. The van der Waals surface area contributed by atoms with Gasteiger partial charge in [-0.1, -0.05) is 31.5 Å². The third-order valence-corrected chi connectivity index (χ3v) is 2.80. The minimum absolute atomic E-state index is 0.000258. The van der Waals surface area contributed by atoms with Crippen LogP contribution in [0.3, 0.4) is 0 Å². The lowest BCUT2D eigenvalue weighted by atomic mass is 10.0. The Balaban J connectivity index is 2.43. The van der Waals surface area contributed by atoms with E-state index in [0.717, 1.165) is 0 Å². The molecule has 0 aliphatic heterocycles. The normalized spacial score (nSPS) is 15.6. The van der Waals surface area contributed by atoms with Gasteiger partial charge in [0.25, 0.3) is 0 Å². The van der Waals surface area contributed by atoms with Gasteiger partial charge in [0.2, 0.25) is 0 Å². The maximum absolute atomic E-state index is 13.6. The van der Waals surface area contributed by atoms with Crippen LogP contribution in [0.5, 0.6) is 0 Å². The minimum Gasteiger partial charge on any atom is -0.459 e. The van der Waals surface area contributed by atoms with Crippen molar-refractivity contribution in [2.75, 3.05) is 0 Å². The molecule has 1 N–H and O–H groups in total. The summed E-state index contributed by atoms with van der Waals surface area (Å²) in [5.74, 6) is -0.523. The van der Waals surface area contributed by atoms with Crippen LogP contribution in [0.25, 0.3) is 0 Å². The van der Waals surface area contributed by atoms with E-state index in [0.29, 0.717) is 18.4 Å². The number of ether oxygens (including phenoxy) is 1. The summed E-state index contributed by atoms with van der Waals surface area (Å²) >= 11 is 0. The lowest BCUT2D eigenvalue weighted by Gasteiger charge is -2.19. The molecular weight excluding hydrogens is 247 g/mol. The Hall–Kier alpha value is -1.42. The third-order valence-electron chi connectivity index (χ3n) is 2.80. The van der Waals surface area contributed by atoms with Crippen molar-refractivity contribution in [1.29, 1.82) is 0 Å². The average Bonchev–Trinajstić information content (AvgIpc) is 2.39. The molecule has 0 aliphatic carbocycles. The standard InChI is InChI=1S/C15H20FO3/c1-3-7-14(17)13(16)10-11(2)19-15(18)12-8-5-4-6-9-12/h4-6,8,11,13-14,17H,3,7,10H2,1-2H3.